The number of likely N-dealkylation sites (tertiary alicyclic amines) is 1. The largest absolute Gasteiger partial charge is 0.379 e. The summed E-state index contributed by atoms with van der Waals surface area (Å²) < 4.78 is 13.9. The van der Waals surface area contributed by atoms with Crippen LogP contribution in [0, 0.1) is 5.92 Å². The summed E-state index contributed by atoms with van der Waals surface area (Å²) in [6.45, 7) is 7.14. The summed E-state index contributed by atoms with van der Waals surface area (Å²) in [5.74, 6) is 0.673. The first-order valence-electron chi connectivity index (χ1n) is 11.2. The number of ether oxygens (including phenoxy) is 2. The molecule has 3 aliphatic rings. The Morgan fingerprint density at radius 3 is 2.60 bits per heavy atom. The van der Waals surface area contributed by atoms with Gasteiger partial charge < -0.3 is 18.9 Å². The summed E-state index contributed by atoms with van der Waals surface area (Å²) in [7, 11) is 0. The average molecular weight is 410 g/mol. The molecule has 1 aromatic heterocycles. The molecule has 160 valence electrons. The van der Waals surface area contributed by atoms with Crippen molar-refractivity contribution in [3.05, 3.63) is 54.4 Å². The summed E-state index contributed by atoms with van der Waals surface area (Å²) in [5, 5.41) is 0. The van der Waals surface area contributed by atoms with Crippen molar-refractivity contribution in [2.75, 3.05) is 52.5 Å². The monoisotopic (exact) mass is 409 g/mol. The number of rotatable bonds is 4. The lowest BCUT2D eigenvalue weighted by molar-refractivity contribution is -0.0451. The molecule has 3 aliphatic heterocycles. The molecular formula is C24H31N3O3. The van der Waals surface area contributed by atoms with E-state index < -0.39 is 0 Å². The predicted octanol–water partition coefficient (Wildman–Crippen LogP) is 2.82. The second-order valence-corrected chi connectivity index (χ2v) is 8.94. The third-order valence-electron chi connectivity index (χ3n) is 6.75. The molecule has 0 aliphatic carbocycles. The van der Waals surface area contributed by atoms with Crippen LogP contribution in [0.3, 0.4) is 0 Å². The van der Waals surface area contributed by atoms with Gasteiger partial charge >= 0.3 is 0 Å². The van der Waals surface area contributed by atoms with Gasteiger partial charge in [-0.1, -0.05) is 0 Å². The average Bonchev–Trinajstić information content (AvgIpc) is 3.45. The lowest BCUT2D eigenvalue weighted by Gasteiger charge is -2.40. The van der Waals surface area contributed by atoms with E-state index in [1.807, 2.05) is 58.3 Å². The Bertz CT molecular complexity index is 845. The van der Waals surface area contributed by atoms with Crippen molar-refractivity contribution in [2.45, 2.75) is 24.9 Å². The van der Waals surface area contributed by atoms with Crippen LogP contribution >= 0.6 is 0 Å². The first kappa shape index (κ1) is 19.8. The van der Waals surface area contributed by atoms with Gasteiger partial charge in [-0.25, -0.2) is 0 Å². The maximum atomic E-state index is 13.2. The van der Waals surface area contributed by atoms with Gasteiger partial charge in [0.05, 0.1) is 25.4 Å². The number of hydrogen-bond acceptors (Lipinski definition) is 4. The van der Waals surface area contributed by atoms with E-state index in [0.717, 1.165) is 76.5 Å². The zero-order chi connectivity index (χ0) is 20.4. The molecule has 6 nitrogen and oxygen atoms in total. The van der Waals surface area contributed by atoms with Gasteiger partial charge in [-0.05, 0) is 61.6 Å². The number of benzene rings is 1. The first-order valence-corrected chi connectivity index (χ1v) is 11.2. The van der Waals surface area contributed by atoms with E-state index in [1.54, 1.807) is 0 Å². The quantitative estimate of drug-likeness (QED) is 0.779. The number of morpholine rings is 1. The summed E-state index contributed by atoms with van der Waals surface area (Å²) in [6.07, 6.45) is 7.15. The molecule has 1 amide bonds. The predicted molar refractivity (Wildman–Crippen MR) is 115 cm³/mol. The van der Waals surface area contributed by atoms with Crippen LogP contribution in [0.2, 0.25) is 0 Å². The smallest absolute Gasteiger partial charge is 0.253 e. The normalized spacial score (nSPS) is 27.6. The van der Waals surface area contributed by atoms with Gasteiger partial charge in [-0.2, -0.15) is 0 Å². The number of carbonyl (C=O) groups excluding carboxylic acids is 1. The maximum absolute atomic E-state index is 13.2. The topological polar surface area (TPSA) is 46.9 Å². The molecule has 3 fully saturated rings. The minimum atomic E-state index is -0.157. The molecule has 0 bridgehead atoms. The molecule has 2 atom stereocenters. The van der Waals surface area contributed by atoms with E-state index in [1.165, 1.54) is 0 Å². The van der Waals surface area contributed by atoms with Crippen molar-refractivity contribution < 1.29 is 14.3 Å². The van der Waals surface area contributed by atoms with Crippen molar-refractivity contribution in [1.82, 2.24) is 14.4 Å². The van der Waals surface area contributed by atoms with Crippen LogP contribution in [0.5, 0.6) is 0 Å². The Labute approximate surface area is 178 Å². The molecule has 0 N–H and O–H groups in total. The zero-order valence-corrected chi connectivity index (χ0v) is 17.5. The van der Waals surface area contributed by atoms with E-state index in [4.69, 9.17) is 9.47 Å². The molecule has 0 unspecified atom stereocenters. The van der Waals surface area contributed by atoms with Gasteiger partial charge in [0.2, 0.25) is 0 Å². The third-order valence-corrected chi connectivity index (χ3v) is 6.75. The highest BCUT2D eigenvalue weighted by Crippen LogP contribution is 2.38. The number of piperidine rings is 1. The molecule has 6 heteroatoms. The van der Waals surface area contributed by atoms with Crippen molar-refractivity contribution in [3.8, 4) is 5.69 Å². The summed E-state index contributed by atoms with van der Waals surface area (Å²) >= 11 is 0. The van der Waals surface area contributed by atoms with E-state index in [9.17, 15) is 4.79 Å². The van der Waals surface area contributed by atoms with Gasteiger partial charge in [-0.15, -0.1) is 0 Å². The highest BCUT2D eigenvalue weighted by molar-refractivity contribution is 5.94. The molecular weight excluding hydrogens is 378 g/mol. The van der Waals surface area contributed by atoms with Crippen molar-refractivity contribution in [1.29, 1.82) is 0 Å². The molecule has 5 rings (SSSR count). The summed E-state index contributed by atoms with van der Waals surface area (Å²) in [4.78, 5) is 17.7. The molecule has 30 heavy (non-hydrogen) atoms. The Morgan fingerprint density at radius 2 is 1.83 bits per heavy atom. The Morgan fingerprint density at radius 1 is 1.07 bits per heavy atom. The fourth-order valence-electron chi connectivity index (χ4n) is 5.23. The fraction of sp³-hybridized carbons (Fsp3) is 0.542. The minimum Gasteiger partial charge on any atom is -0.379 e. The Balaban J connectivity index is 1.21. The van der Waals surface area contributed by atoms with Gasteiger partial charge in [0.25, 0.3) is 5.91 Å². The third kappa shape index (κ3) is 4.17. The molecule has 3 saturated heterocycles. The van der Waals surface area contributed by atoms with E-state index in [0.29, 0.717) is 12.5 Å². The Kier molecular flexibility index (Phi) is 5.63. The van der Waals surface area contributed by atoms with E-state index in [-0.39, 0.29) is 11.5 Å². The molecule has 0 radical (unpaired) electrons. The van der Waals surface area contributed by atoms with Crippen molar-refractivity contribution in [2.24, 2.45) is 5.92 Å². The van der Waals surface area contributed by atoms with Crippen LogP contribution in [-0.4, -0.2) is 78.4 Å². The summed E-state index contributed by atoms with van der Waals surface area (Å²) in [6, 6.07) is 11.9. The SMILES string of the molecule is O=C(c1ccc(-n2cccc2)cc1)N1CCC[C@@]2(C[C@@H](CN3CCOCC3)CO2)C1. The van der Waals surface area contributed by atoms with Crippen LogP contribution in [0.4, 0.5) is 0 Å². The van der Waals surface area contributed by atoms with E-state index >= 15 is 0 Å². The van der Waals surface area contributed by atoms with Crippen LogP contribution in [0.25, 0.3) is 5.69 Å². The molecule has 4 heterocycles. The van der Waals surface area contributed by atoms with Gasteiger partial charge in [0.1, 0.15) is 0 Å². The van der Waals surface area contributed by atoms with Gasteiger partial charge in [0, 0.05) is 56.4 Å². The fourth-order valence-corrected chi connectivity index (χ4v) is 5.23. The van der Waals surface area contributed by atoms with Crippen LogP contribution in [0.1, 0.15) is 29.6 Å². The molecule has 1 aromatic carbocycles. The second-order valence-electron chi connectivity index (χ2n) is 8.94. The van der Waals surface area contributed by atoms with Gasteiger partial charge in [-0.3, -0.25) is 9.69 Å². The standard InChI is InChI=1S/C24H31N3O3/c28-23(21-4-6-22(7-5-21)26-9-1-2-10-26)27-11-3-8-24(19-27)16-20(18-30-24)17-25-12-14-29-15-13-25/h1-2,4-7,9-10,20H,3,8,11-19H2/t20-,24+/m0/s1. The number of amides is 1. The first-order chi connectivity index (χ1) is 14.7. The van der Waals surface area contributed by atoms with Gasteiger partial charge in [0.15, 0.2) is 0 Å². The number of carbonyl (C=O) groups is 1. The molecule has 2 aromatic rings. The zero-order valence-electron chi connectivity index (χ0n) is 17.5. The molecule has 1 spiro atoms. The summed E-state index contributed by atoms with van der Waals surface area (Å²) in [5.41, 5.74) is 1.67. The highest BCUT2D eigenvalue weighted by atomic mass is 16.5. The van der Waals surface area contributed by atoms with Crippen molar-refractivity contribution in [3.63, 3.8) is 0 Å². The Hall–Kier alpha value is -2.15. The van der Waals surface area contributed by atoms with Crippen LogP contribution in [0.15, 0.2) is 48.8 Å². The number of aromatic nitrogens is 1. The highest BCUT2D eigenvalue weighted by Gasteiger charge is 2.44. The molecule has 0 saturated carbocycles. The number of hydrogen-bond donors (Lipinski definition) is 0. The van der Waals surface area contributed by atoms with Crippen LogP contribution < -0.4 is 0 Å². The van der Waals surface area contributed by atoms with Crippen molar-refractivity contribution >= 4 is 5.91 Å². The second kappa shape index (κ2) is 8.53. The maximum Gasteiger partial charge on any atom is 0.253 e. The van der Waals surface area contributed by atoms with E-state index in [2.05, 4.69) is 4.90 Å². The number of nitrogens with zero attached hydrogens (tertiary/aromatic N) is 3. The lowest BCUT2D eigenvalue weighted by atomic mass is 9.86. The van der Waals surface area contributed by atoms with Crippen LogP contribution in [-0.2, 0) is 9.47 Å². The lowest BCUT2D eigenvalue weighted by Crippen LogP contribution is -2.50. The minimum absolute atomic E-state index is 0.119.